The van der Waals surface area contributed by atoms with Crippen molar-refractivity contribution in [2.45, 2.75) is 25.9 Å². The Kier molecular flexibility index (Phi) is 7.53. The number of nitrogens with one attached hydrogen (secondary N) is 1. The highest BCUT2D eigenvalue weighted by atomic mass is 35.5. The minimum atomic E-state index is -0.476. The molecule has 1 aliphatic rings. The SMILES string of the molecule is Cc1ccc(C(=O)NCCN2CCC(Oc3ccc(Cl)c(Cl)c3)CC2)cc1[N+](=O)[O-]. The molecule has 1 amide bonds. The van der Waals surface area contributed by atoms with Crippen molar-refractivity contribution in [3.63, 3.8) is 0 Å². The van der Waals surface area contributed by atoms with E-state index in [0.717, 1.165) is 25.9 Å². The Hall–Kier alpha value is -2.35. The monoisotopic (exact) mass is 451 g/mol. The van der Waals surface area contributed by atoms with Crippen molar-refractivity contribution in [3.8, 4) is 5.75 Å². The number of hydrogen-bond acceptors (Lipinski definition) is 5. The predicted molar refractivity (Wildman–Crippen MR) is 117 cm³/mol. The third kappa shape index (κ3) is 5.84. The van der Waals surface area contributed by atoms with Crippen LogP contribution in [-0.2, 0) is 0 Å². The van der Waals surface area contributed by atoms with E-state index >= 15 is 0 Å². The van der Waals surface area contributed by atoms with Gasteiger partial charge in [0.25, 0.3) is 11.6 Å². The van der Waals surface area contributed by atoms with Crippen molar-refractivity contribution in [3.05, 3.63) is 67.7 Å². The first-order valence-corrected chi connectivity index (χ1v) is 10.5. The van der Waals surface area contributed by atoms with Gasteiger partial charge in [-0.2, -0.15) is 0 Å². The molecular formula is C21H23Cl2N3O4. The number of rotatable bonds is 7. The number of nitro groups is 1. The van der Waals surface area contributed by atoms with E-state index in [1.165, 1.54) is 6.07 Å². The van der Waals surface area contributed by atoms with Gasteiger partial charge in [-0.3, -0.25) is 14.9 Å². The number of likely N-dealkylation sites (tertiary alicyclic amines) is 1. The van der Waals surface area contributed by atoms with Crippen LogP contribution in [0.4, 0.5) is 5.69 Å². The second kappa shape index (κ2) is 10.1. The third-order valence-electron chi connectivity index (χ3n) is 5.11. The highest BCUT2D eigenvalue weighted by Gasteiger charge is 2.21. The van der Waals surface area contributed by atoms with Crippen LogP contribution in [0.5, 0.6) is 5.75 Å². The standard InChI is InChI=1S/C21H23Cl2N3O4/c1-14-2-3-15(12-20(14)26(28)29)21(27)24-8-11-25-9-6-16(7-10-25)30-17-4-5-18(22)19(23)13-17/h2-5,12-13,16H,6-11H2,1H3,(H,24,27). The molecular weight excluding hydrogens is 429 g/mol. The zero-order chi connectivity index (χ0) is 21.7. The summed E-state index contributed by atoms with van der Waals surface area (Å²) >= 11 is 12.0. The number of amides is 1. The minimum absolute atomic E-state index is 0.0494. The Bertz CT molecular complexity index is 930. The lowest BCUT2D eigenvalue weighted by Crippen LogP contribution is -2.42. The summed E-state index contributed by atoms with van der Waals surface area (Å²) in [6.45, 7) is 4.54. The van der Waals surface area contributed by atoms with Gasteiger partial charge >= 0.3 is 0 Å². The van der Waals surface area contributed by atoms with E-state index < -0.39 is 4.92 Å². The number of piperidine rings is 1. The average molecular weight is 452 g/mol. The highest BCUT2D eigenvalue weighted by molar-refractivity contribution is 6.42. The summed E-state index contributed by atoms with van der Waals surface area (Å²) in [6.07, 6.45) is 1.86. The Morgan fingerprint density at radius 3 is 2.60 bits per heavy atom. The number of carbonyl (C=O) groups excluding carboxylic acids is 1. The molecule has 0 unspecified atom stereocenters. The summed E-state index contributed by atoms with van der Waals surface area (Å²) in [4.78, 5) is 25.1. The second-order valence-corrected chi connectivity index (χ2v) is 8.06. The summed E-state index contributed by atoms with van der Waals surface area (Å²) in [7, 11) is 0. The molecule has 0 atom stereocenters. The third-order valence-corrected chi connectivity index (χ3v) is 5.85. The van der Waals surface area contributed by atoms with Crippen LogP contribution in [0.2, 0.25) is 10.0 Å². The van der Waals surface area contributed by atoms with Gasteiger partial charge in [-0.25, -0.2) is 0 Å². The highest BCUT2D eigenvalue weighted by Crippen LogP contribution is 2.28. The molecule has 1 saturated heterocycles. The molecule has 1 aliphatic heterocycles. The van der Waals surface area contributed by atoms with E-state index in [1.807, 2.05) is 6.07 Å². The van der Waals surface area contributed by atoms with Gasteiger partial charge in [-0.05, 0) is 38.0 Å². The fraction of sp³-hybridized carbons (Fsp3) is 0.381. The van der Waals surface area contributed by atoms with E-state index in [9.17, 15) is 14.9 Å². The molecule has 1 heterocycles. The molecule has 2 aromatic carbocycles. The van der Waals surface area contributed by atoms with Crippen molar-refractivity contribution in [2.24, 2.45) is 0 Å². The van der Waals surface area contributed by atoms with Gasteiger partial charge in [0.2, 0.25) is 0 Å². The lowest BCUT2D eigenvalue weighted by atomic mass is 10.1. The lowest BCUT2D eigenvalue weighted by Gasteiger charge is -2.32. The van der Waals surface area contributed by atoms with Crippen LogP contribution in [0.1, 0.15) is 28.8 Å². The Balaban J connectivity index is 1.41. The lowest BCUT2D eigenvalue weighted by molar-refractivity contribution is -0.385. The Morgan fingerprint density at radius 2 is 1.93 bits per heavy atom. The van der Waals surface area contributed by atoms with Crippen molar-refractivity contribution in [2.75, 3.05) is 26.2 Å². The van der Waals surface area contributed by atoms with Crippen LogP contribution in [0.25, 0.3) is 0 Å². The van der Waals surface area contributed by atoms with Gasteiger partial charge in [0, 0.05) is 49.4 Å². The topological polar surface area (TPSA) is 84.7 Å². The zero-order valence-corrected chi connectivity index (χ0v) is 18.1. The smallest absolute Gasteiger partial charge is 0.273 e. The van der Waals surface area contributed by atoms with Gasteiger partial charge in [-0.1, -0.05) is 29.3 Å². The number of aryl methyl sites for hydroxylation is 1. The van der Waals surface area contributed by atoms with E-state index in [4.69, 9.17) is 27.9 Å². The van der Waals surface area contributed by atoms with Crippen molar-refractivity contribution in [1.82, 2.24) is 10.2 Å². The van der Waals surface area contributed by atoms with Crippen LogP contribution in [0.15, 0.2) is 36.4 Å². The summed E-state index contributed by atoms with van der Waals surface area (Å²) < 4.78 is 5.99. The molecule has 0 radical (unpaired) electrons. The fourth-order valence-corrected chi connectivity index (χ4v) is 3.66. The number of nitrogens with zero attached hydrogens (tertiary/aromatic N) is 2. The predicted octanol–water partition coefficient (Wildman–Crippen LogP) is 4.48. The number of ether oxygens (including phenoxy) is 1. The van der Waals surface area contributed by atoms with Crippen molar-refractivity contribution >= 4 is 34.8 Å². The van der Waals surface area contributed by atoms with Crippen LogP contribution >= 0.6 is 23.2 Å². The number of nitro benzene ring substituents is 1. The van der Waals surface area contributed by atoms with Crippen molar-refractivity contribution < 1.29 is 14.5 Å². The van der Waals surface area contributed by atoms with Gasteiger partial charge < -0.3 is 15.0 Å². The number of benzene rings is 2. The molecule has 1 N–H and O–H groups in total. The van der Waals surface area contributed by atoms with Crippen LogP contribution in [-0.4, -0.2) is 48.0 Å². The molecule has 0 aliphatic carbocycles. The number of halogens is 2. The first-order chi connectivity index (χ1) is 14.3. The normalized spacial score (nSPS) is 15.0. The van der Waals surface area contributed by atoms with E-state index in [0.29, 0.717) is 40.0 Å². The van der Waals surface area contributed by atoms with Crippen LogP contribution in [0.3, 0.4) is 0 Å². The van der Waals surface area contributed by atoms with Gasteiger partial charge in [0.1, 0.15) is 11.9 Å². The maximum absolute atomic E-state index is 12.3. The molecule has 0 aromatic heterocycles. The maximum atomic E-state index is 12.3. The van der Waals surface area contributed by atoms with E-state index in [2.05, 4.69) is 10.2 Å². The van der Waals surface area contributed by atoms with E-state index in [-0.39, 0.29) is 17.7 Å². The molecule has 3 rings (SSSR count). The largest absolute Gasteiger partial charge is 0.490 e. The number of carbonyl (C=O) groups is 1. The Labute approximate surface area is 185 Å². The average Bonchev–Trinajstić information content (AvgIpc) is 2.72. The van der Waals surface area contributed by atoms with E-state index in [1.54, 1.807) is 31.2 Å². The number of hydrogen-bond donors (Lipinski definition) is 1. The quantitative estimate of drug-likeness (QED) is 0.495. The molecule has 1 fully saturated rings. The molecule has 30 heavy (non-hydrogen) atoms. The first-order valence-electron chi connectivity index (χ1n) is 9.71. The second-order valence-electron chi connectivity index (χ2n) is 7.25. The molecule has 7 nitrogen and oxygen atoms in total. The summed E-state index contributed by atoms with van der Waals surface area (Å²) in [6, 6.07) is 9.76. The molecule has 0 spiro atoms. The molecule has 0 bridgehead atoms. The summed E-state index contributed by atoms with van der Waals surface area (Å²) in [5.41, 5.74) is 0.773. The Morgan fingerprint density at radius 1 is 1.20 bits per heavy atom. The van der Waals surface area contributed by atoms with Gasteiger partial charge in [-0.15, -0.1) is 0 Å². The van der Waals surface area contributed by atoms with Gasteiger partial charge in [0.15, 0.2) is 0 Å². The summed E-state index contributed by atoms with van der Waals surface area (Å²) in [5.74, 6) is 0.401. The van der Waals surface area contributed by atoms with Crippen molar-refractivity contribution in [1.29, 1.82) is 0 Å². The van der Waals surface area contributed by atoms with Crippen LogP contribution < -0.4 is 10.1 Å². The zero-order valence-electron chi connectivity index (χ0n) is 16.6. The first kappa shape index (κ1) is 22.3. The minimum Gasteiger partial charge on any atom is -0.490 e. The molecule has 0 saturated carbocycles. The van der Waals surface area contributed by atoms with Crippen LogP contribution in [0, 0.1) is 17.0 Å². The summed E-state index contributed by atoms with van der Waals surface area (Å²) in [5, 5.41) is 14.8. The molecule has 9 heteroatoms. The molecule has 2 aromatic rings. The maximum Gasteiger partial charge on any atom is 0.273 e. The fourth-order valence-electron chi connectivity index (χ4n) is 3.37. The van der Waals surface area contributed by atoms with Gasteiger partial charge in [0.05, 0.1) is 15.0 Å². The molecule has 160 valence electrons.